The largest absolute Gasteiger partial charge is 0.481 e. The van der Waals surface area contributed by atoms with E-state index in [1.54, 1.807) is 0 Å². The van der Waals surface area contributed by atoms with Crippen molar-refractivity contribution in [3.05, 3.63) is 0 Å². The van der Waals surface area contributed by atoms with Crippen LogP contribution in [0.1, 0.15) is 142 Å². The first kappa shape index (κ1) is 31.9. The molecule has 6 nitrogen and oxygen atoms in total. The zero-order chi connectivity index (χ0) is 25.9. The third kappa shape index (κ3) is 14.3. The second-order valence-corrected chi connectivity index (χ2v) is 10.8. The molecule has 1 amide bonds. The molecule has 0 aromatic carbocycles. The van der Waals surface area contributed by atoms with Gasteiger partial charge in [-0.1, -0.05) is 110 Å². The normalized spacial score (nSPS) is 20.9. The maximum Gasteiger partial charge on any atom is 0.309 e. The van der Waals surface area contributed by atoms with Crippen molar-refractivity contribution in [3.8, 4) is 0 Å². The highest BCUT2D eigenvalue weighted by Crippen LogP contribution is 2.30. The topological polar surface area (TPSA) is 110 Å². The number of aliphatic hydroxyl groups is 1. The molecule has 1 rings (SSSR count). The first-order valence-electron chi connectivity index (χ1n) is 14.8. The summed E-state index contributed by atoms with van der Waals surface area (Å²) >= 11 is 0. The van der Waals surface area contributed by atoms with Gasteiger partial charge < -0.3 is 20.7 Å². The van der Waals surface area contributed by atoms with Gasteiger partial charge in [0, 0.05) is 6.42 Å². The van der Waals surface area contributed by atoms with E-state index in [0.717, 1.165) is 70.6 Å². The molecule has 1 fully saturated rings. The van der Waals surface area contributed by atoms with Gasteiger partial charge in [-0.2, -0.15) is 0 Å². The maximum atomic E-state index is 12.0. The Hall–Kier alpha value is -1.14. The van der Waals surface area contributed by atoms with Crippen LogP contribution in [0.5, 0.6) is 0 Å². The maximum absolute atomic E-state index is 12.0. The summed E-state index contributed by atoms with van der Waals surface area (Å²) in [6.07, 6.45) is 18.8. The Morgan fingerprint density at radius 2 is 1.34 bits per heavy atom. The number of nitrogens with two attached hydrogens (primary N) is 1. The number of carbonyl (C=O) groups is 2. The molecular weight excluding hydrogens is 442 g/mol. The predicted octanol–water partition coefficient (Wildman–Crippen LogP) is 6.76. The van der Waals surface area contributed by atoms with Crippen LogP contribution in [0.25, 0.3) is 0 Å². The van der Waals surface area contributed by atoms with Crippen LogP contribution in [-0.4, -0.2) is 40.4 Å². The second kappa shape index (κ2) is 20.0. The van der Waals surface area contributed by atoms with E-state index >= 15 is 0 Å². The Labute approximate surface area is 214 Å². The van der Waals surface area contributed by atoms with Gasteiger partial charge in [-0.25, -0.2) is 0 Å². The second-order valence-electron chi connectivity index (χ2n) is 10.8. The highest BCUT2D eigenvalue weighted by molar-refractivity contribution is 5.77. The van der Waals surface area contributed by atoms with Crippen molar-refractivity contribution in [3.63, 3.8) is 0 Å². The molecule has 0 aromatic heterocycles. The number of aliphatic hydroxyl groups excluding tert-OH is 1. The first-order valence-corrected chi connectivity index (χ1v) is 14.8. The van der Waals surface area contributed by atoms with E-state index in [0.29, 0.717) is 12.8 Å². The molecule has 0 radical (unpaired) electrons. The van der Waals surface area contributed by atoms with Gasteiger partial charge in [-0.15, -0.1) is 0 Å². The number of unbranched alkanes of at least 4 members (excludes halogenated alkanes) is 11. The van der Waals surface area contributed by atoms with Crippen LogP contribution < -0.4 is 5.73 Å². The summed E-state index contributed by atoms with van der Waals surface area (Å²) in [4.78, 5) is 23.9. The molecule has 1 saturated carbocycles. The number of carboxylic acid groups (broad SMARTS) is 1. The Morgan fingerprint density at radius 1 is 0.829 bits per heavy atom. The number of aliphatic carboxylic acids is 1. The van der Waals surface area contributed by atoms with E-state index in [2.05, 4.69) is 13.8 Å². The van der Waals surface area contributed by atoms with Crippen molar-refractivity contribution in [2.24, 2.45) is 17.6 Å². The summed E-state index contributed by atoms with van der Waals surface area (Å²) in [7, 11) is 0. The number of hydrogen-bond donors (Lipinski definition) is 3. The smallest absolute Gasteiger partial charge is 0.309 e. The lowest BCUT2D eigenvalue weighted by Gasteiger charge is -2.34. The minimum atomic E-state index is -0.937. The molecule has 5 atom stereocenters. The van der Waals surface area contributed by atoms with Crippen LogP contribution in [0.4, 0.5) is 0 Å². The molecule has 206 valence electrons. The fraction of sp³-hybridized carbons (Fsp3) is 0.931. The van der Waals surface area contributed by atoms with Gasteiger partial charge in [-0.05, 0) is 25.7 Å². The number of hydrogen-bond acceptors (Lipinski definition) is 4. The lowest BCUT2D eigenvalue weighted by Crippen LogP contribution is -2.41. The fourth-order valence-corrected chi connectivity index (χ4v) is 5.46. The lowest BCUT2D eigenvalue weighted by molar-refractivity contribution is -0.148. The van der Waals surface area contributed by atoms with E-state index < -0.39 is 18.0 Å². The van der Waals surface area contributed by atoms with Crippen LogP contribution in [-0.2, 0) is 14.3 Å². The molecule has 4 N–H and O–H groups in total. The summed E-state index contributed by atoms with van der Waals surface area (Å²) in [5, 5.41) is 20.6. The molecule has 0 aromatic rings. The van der Waals surface area contributed by atoms with Crippen LogP contribution in [0, 0.1) is 11.8 Å². The van der Waals surface area contributed by atoms with E-state index in [4.69, 9.17) is 10.5 Å². The molecule has 1 aliphatic rings. The third-order valence-electron chi connectivity index (χ3n) is 7.72. The number of rotatable bonds is 22. The first-order chi connectivity index (χ1) is 16.9. The minimum absolute atomic E-state index is 0.218. The number of carbonyl (C=O) groups excluding carboxylic acids is 1. The van der Waals surface area contributed by atoms with Crippen LogP contribution in [0.15, 0.2) is 0 Å². The van der Waals surface area contributed by atoms with E-state index in [1.807, 2.05) is 0 Å². The average molecular weight is 498 g/mol. The van der Waals surface area contributed by atoms with Gasteiger partial charge in [-0.3, -0.25) is 9.59 Å². The summed E-state index contributed by atoms with van der Waals surface area (Å²) in [6, 6.07) is 0. The third-order valence-corrected chi connectivity index (χ3v) is 7.72. The minimum Gasteiger partial charge on any atom is -0.481 e. The molecule has 35 heavy (non-hydrogen) atoms. The Bertz CT molecular complexity index is 555. The summed E-state index contributed by atoms with van der Waals surface area (Å²) in [5.74, 6) is -2.28. The summed E-state index contributed by atoms with van der Waals surface area (Å²) in [6.45, 7) is 4.36. The number of carboxylic acids is 1. The molecule has 6 heteroatoms. The molecule has 0 heterocycles. The average Bonchev–Trinajstić information content (AvgIpc) is 2.82. The van der Waals surface area contributed by atoms with Crippen LogP contribution >= 0.6 is 0 Å². The van der Waals surface area contributed by atoms with Crippen molar-refractivity contribution in [1.29, 1.82) is 0 Å². The summed E-state index contributed by atoms with van der Waals surface area (Å²) in [5.41, 5.74) is 5.65. The van der Waals surface area contributed by atoms with E-state index in [1.165, 1.54) is 44.9 Å². The molecule has 0 aliphatic heterocycles. The van der Waals surface area contributed by atoms with Crippen LogP contribution in [0.2, 0.25) is 0 Å². The van der Waals surface area contributed by atoms with Crippen molar-refractivity contribution in [2.75, 3.05) is 0 Å². The quantitative estimate of drug-likeness (QED) is 0.143. The van der Waals surface area contributed by atoms with Crippen molar-refractivity contribution >= 4 is 11.9 Å². The molecule has 2 unspecified atom stereocenters. The van der Waals surface area contributed by atoms with Gasteiger partial charge in [0.2, 0.25) is 5.91 Å². The monoisotopic (exact) mass is 497 g/mol. The van der Waals surface area contributed by atoms with Gasteiger partial charge in [0.15, 0.2) is 0 Å². The van der Waals surface area contributed by atoms with Crippen molar-refractivity contribution in [1.82, 2.24) is 0 Å². The van der Waals surface area contributed by atoms with Crippen molar-refractivity contribution < 1.29 is 24.5 Å². The molecule has 1 aliphatic carbocycles. The predicted molar refractivity (Wildman–Crippen MR) is 142 cm³/mol. The SMILES string of the molecule is CCCCCCCCCCC[C@@H](C[C@H](O)[C@H](CCCCCC)C(=O)O)OC1CCCCC1C(N)=O. The van der Waals surface area contributed by atoms with Gasteiger partial charge in [0.05, 0.1) is 30.1 Å². The highest BCUT2D eigenvalue weighted by atomic mass is 16.5. The van der Waals surface area contributed by atoms with Gasteiger partial charge >= 0.3 is 5.97 Å². The molecular formula is C29H55NO5. The Morgan fingerprint density at radius 3 is 1.91 bits per heavy atom. The number of ether oxygens (including phenoxy) is 1. The zero-order valence-electron chi connectivity index (χ0n) is 22.7. The lowest BCUT2D eigenvalue weighted by atomic mass is 9.85. The van der Waals surface area contributed by atoms with E-state index in [-0.39, 0.29) is 24.0 Å². The van der Waals surface area contributed by atoms with Crippen molar-refractivity contribution in [2.45, 2.75) is 161 Å². The Balaban J connectivity index is 2.63. The summed E-state index contributed by atoms with van der Waals surface area (Å²) < 4.78 is 6.43. The van der Waals surface area contributed by atoms with Gasteiger partial charge in [0.25, 0.3) is 0 Å². The molecule has 0 saturated heterocycles. The number of primary amides is 1. The van der Waals surface area contributed by atoms with E-state index in [9.17, 15) is 19.8 Å². The number of amides is 1. The molecule has 0 bridgehead atoms. The van der Waals surface area contributed by atoms with Crippen LogP contribution in [0.3, 0.4) is 0 Å². The Kier molecular flexibility index (Phi) is 18.2. The fourth-order valence-electron chi connectivity index (χ4n) is 5.46. The van der Waals surface area contributed by atoms with Gasteiger partial charge in [0.1, 0.15) is 0 Å². The molecule has 0 spiro atoms. The highest BCUT2D eigenvalue weighted by Gasteiger charge is 2.34. The zero-order valence-corrected chi connectivity index (χ0v) is 22.7. The standard InChI is InChI=1S/C29H55NO5/c1-3-5-7-9-10-11-12-13-14-18-23(35-27-21-17-16-20-25(27)28(30)32)22-26(31)24(29(33)34)19-15-8-6-4-2/h23-27,31H,3-22H2,1-2H3,(H2,30,32)(H,33,34)/t23-,24-,25?,26-,27?/m0/s1.